The summed E-state index contributed by atoms with van der Waals surface area (Å²) in [4.78, 5) is 10.9. The van der Waals surface area contributed by atoms with Crippen LogP contribution in [0.3, 0.4) is 0 Å². The molecule has 2 heterocycles. The van der Waals surface area contributed by atoms with E-state index in [9.17, 15) is 0 Å². The van der Waals surface area contributed by atoms with Crippen molar-refractivity contribution in [2.45, 2.75) is 25.4 Å². The van der Waals surface area contributed by atoms with Gasteiger partial charge in [0.15, 0.2) is 0 Å². The van der Waals surface area contributed by atoms with E-state index < -0.39 is 0 Å². The van der Waals surface area contributed by atoms with Crippen LogP contribution in [0.15, 0.2) is 12.4 Å². The molecule has 0 unspecified atom stereocenters. The van der Waals surface area contributed by atoms with Gasteiger partial charge < -0.3 is 10.1 Å². The van der Waals surface area contributed by atoms with E-state index in [1.807, 2.05) is 7.05 Å². The highest BCUT2D eigenvalue weighted by atomic mass is 16.5. The lowest BCUT2D eigenvalue weighted by Gasteiger charge is -2.32. The minimum atomic E-state index is 0.589. The summed E-state index contributed by atoms with van der Waals surface area (Å²) in [5.41, 5.74) is 0.923. The quantitative estimate of drug-likeness (QED) is 0.832. The number of rotatable bonds is 4. The molecular weight excluding hydrogens is 216 g/mol. The van der Waals surface area contributed by atoms with E-state index in [0.717, 1.165) is 25.3 Å². The van der Waals surface area contributed by atoms with Crippen molar-refractivity contribution in [2.75, 3.05) is 27.2 Å². The third-order valence-corrected chi connectivity index (χ3v) is 3.22. The first kappa shape index (κ1) is 12.3. The molecule has 1 N–H and O–H groups in total. The van der Waals surface area contributed by atoms with Crippen molar-refractivity contribution in [2.24, 2.45) is 0 Å². The highest BCUT2D eigenvalue weighted by molar-refractivity contribution is 5.17. The van der Waals surface area contributed by atoms with E-state index in [4.69, 9.17) is 4.74 Å². The fourth-order valence-corrected chi connectivity index (χ4v) is 2.28. The summed E-state index contributed by atoms with van der Waals surface area (Å²) in [5.74, 6) is 0.638. The minimum absolute atomic E-state index is 0.589. The molecule has 1 atom stereocenters. The normalized spacial score (nSPS) is 21.4. The maximum atomic E-state index is 5.22. The molecule has 0 radical (unpaired) electrons. The standard InChI is InChI=1S/C12H20N4O/c1-13-10-4-3-7-16(8-10)9-11-12(17-2)15-6-5-14-11/h5-6,10,13H,3-4,7-9H2,1-2H3/t10-/m0/s1. The summed E-state index contributed by atoms with van der Waals surface area (Å²) in [7, 11) is 3.66. The molecule has 1 aliphatic heterocycles. The molecule has 0 spiro atoms. The summed E-state index contributed by atoms with van der Waals surface area (Å²) >= 11 is 0. The van der Waals surface area contributed by atoms with Gasteiger partial charge in [-0.3, -0.25) is 9.88 Å². The lowest BCUT2D eigenvalue weighted by molar-refractivity contribution is 0.183. The van der Waals surface area contributed by atoms with Gasteiger partial charge in [-0.05, 0) is 26.4 Å². The maximum Gasteiger partial charge on any atom is 0.236 e. The third-order valence-electron chi connectivity index (χ3n) is 3.22. The first-order valence-electron chi connectivity index (χ1n) is 6.07. The number of hydrogen-bond donors (Lipinski definition) is 1. The second-order valence-corrected chi connectivity index (χ2v) is 4.38. The van der Waals surface area contributed by atoms with Gasteiger partial charge in [0, 0.05) is 31.5 Å². The SMILES string of the molecule is CN[C@H]1CCCN(Cc2nccnc2OC)C1. The summed E-state index contributed by atoms with van der Waals surface area (Å²) < 4.78 is 5.22. The van der Waals surface area contributed by atoms with Gasteiger partial charge >= 0.3 is 0 Å². The van der Waals surface area contributed by atoms with Crippen LogP contribution in [0.25, 0.3) is 0 Å². The number of nitrogens with zero attached hydrogens (tertiary/aromatic N) is 3. The minimum Gasteiger partial charge on any atom is -0.480 e. The van der Waals surface area contributed by atoms with Crippen molar-refractivity contribution < 1.29 is 4.74 Å². The number of likely N-dealkylation sites (N-methyl/N-ethyl adjacent to an activating group) is 1. The van der Waals surface area contributed by atoms with Crippen molar-refractivity contribution in [1.82, 2.24) is 20.2 Å². The van der Waals surface area contributed by atoms with Crippen molar-refractivity contribution in [3.8, 4) is 5.88 Å². The zero-order valence-electron chi connectivity index (χ0n) is 10.5. The summed E-state index contributed by atoms with van der Waals surface area (Å²) in [6.07, 6.45) is 5.87. The molecule has 1 aromatic heterocycles. The number of likely N-dealkylation sites (tertiary alicyclic amines) is 1. The first-order chi connectivity index (χ1) is 8.33. The molecule has 0 aromatic carbocycles. The zero-order chi connectivity index (χ0) is 12.1. The Balaban J connectivity index is 2.00. The van der Waals surface area contributed by atoms with Crippen LogP contribution in [-0.2, 0) is 6.54 Å². The Morgan fingerprint density at radius 3 is 3.06 bits per heavy atom. The first-order valence-corrected chi connectivity index (χ1v) is 6.07. The number of hydrogen-bond acceptors (Lipinski definition) is 5. The molecule has 0 bridgehead atoms. The van der Waals surface area contributed by atoms with Crippen molar-refractivity contribution in [3.63, 3.8) is 0 Å². The second-order valence-electron chi connectivity index (χ2n) is 4.38. The average molecular weight is 236 g/mol. The van der Waals surface area contributed by atoms with E-state index in [-0.39, 0.29) is 0 Å². The van der Waals surface area contributed by atoms with E-state index in [1.54, 1.807) is 19.5 Å². The molecule has 1 fully saturated rings. The fourth-order valence-electron chi connectivity index (χ4n) is 2.28. The summed E-state index contributed by atoms with van der Waals surface area (Å²) in [6.45, 7) is 3.00. The van der Waals surface area contributed by atoms with Gasteiger partial charge in [0.05, 0.1) is 7.11 Å². The predicted octanol–water partition coefficient (Wildman–Crippen LogP) is 0.669. The van der Waals surface area contributed by atoms with Gasteiger partial charge in [-0.15, -0.1) is 0 Å². The number of nitrogens with one attached hydrogen (secondary N) is 1. The van der Waals surface area contributed by atoms with E-state index in [2.05, 4.69) is 20.2 Å². The van der Waals surface area contributed by atoms with E-state index in [1.165, 1.54) is 12.8 Å². The van der Waals surface area contributed by atoms with Crippen LogP contribution in [0, 0.1) is 0 Å². The number of aromatic nitrogens is 2. The van der Waals surface area contributed by atoms with E-state index >= 15 is 0 Å². The molecule has 1 aliphatic rings. The van der Waals surface area contributed by atoms with Gasteiger partial charge in [0.25, 0.3) is 0 Å². The van der Waals surface area contributed by atoms with Gasteiger partial charge in [-0.1, -0.05) is 0 Å². The van der Waals surface area contributed by atoms with Gasteiger partial charge in [0.2, 0.25) is 5.88 Å². The Morgan fingerprint density at radius 1 is 1.47 bits per heavy atom. The Hall–Kier alpha value is -1.20. The lowest BCUT2D eigenvalue weighted by atomic mass is 10.1. The van der Waals surface area contributed by atoms with Crippen LogP contribution in [-0.4, -0.2) is 48.2 Å². The highest BCUT2D eigenvalue weighted by Gasteiger charge is 2.20. The topological polar surface area (TPSA) is 50.3 Å². The van der Waals surface area contributed by atoms with Gasteiger partial charge in [-0.25, -0.2) is 4.98 Å². The van der Waals surface area contributed by atoms with Crippen molar-refractivity contribution >= 4 is 0 Å². The number of piperidine rings is 1. The number of methoxy groups -OCH3 is 1. The maximum absolute atomic E-state index is 5.22. The number of ether oxygens (including phenoxy) is 1. The zero-order valence-corrected chi connectivity index (χ0v) is 10.5. The Kier molecular flexibility index (Phi) is 4.28. The molecule has 0 saturated carbocycles. The van der Waals surface area contributed by atoms with Crippen molar-refractivity contribution in [3.05, 3.63) is 18.1 Å². The van der Waals surface area contributed by atoms with Crippen LogP contribution in [0.2, 0.25) is 0 Å². The average Bonchev–Trinajstić information content (AvgIpc) is 2.39. The molecule has 5 nitrogen and oxygen atoms in total. The van der Waals surface area contributed by atoms with Crippen LogP contribution in [0.4, 0.5) is 0 Å². The van der Waals surface area contributed by atoms with Gasteiger partial charge in [-0.2, -0.15) is 0 Å². The fraction of sp³-hybridized carbons (Fsp3) is 0.667. The van der Waals surface area contributed by atoms with Crippen LogP contribution >= 0.6 is 0 Å². The monoisotopic (exact) mass is 236 g/mol. The van der Waals surface area contributed by atoms with Crippen LogP contribution < -0.4 is 10.1 Å². The molecule has 5 heteroatoms. The van der Waals surface area contributed by atoms with Crippen LogP contribution in [0.5, 0.6) is 5.88 Å². The Labute approximate surface area is 102 Å². The summed E-state index contributed by atoms with van der Waals surface area (Å²) in [6, 6.07) is 0.589. The predicted molar refractivity (Wildman–Crippen MR) is 65.9 cm³/mol. The second kappa shape index (κ2) is 5.93. The van der Waals surface area contributed by atoms with E-state index in [0.29, 0.717) is 11.9 Å². The van der Waals surface area contributed by atoms with Crippen LogP contribution in [0.1, 0.15) is 18.5 Å². The molecular formula is C12H20N4O. The van der Waals surface area contributed by atoms with Gasteiger partial charge in [0.1, 0.15) is 5.69 Å². The molecule has 0 amide bonds. The smallest absolute Gasteiger partial charge is 0.236 e. The third kappa shape index (κ3) is 3.14. The molecule has 0 aliphatic carbocycles. The summed E-state index contributed by atoms with van der Waals surface area (Å²) in [5, 5.41) is 3.34. The highest BCUT2D eigenvalue weighted by Crippen LogP contribution is 2.17. The molecule has 2 rings (SSSR count). The Morgan fingerprint density at radius 2 is 2.29 bits per heavy atom. The molecule has 17 heavy (non-hydrogen) atoms. The largest absolute Gasteiger partial charge is 0.480 e. The van der Waals surface area contributed by atoms with Crippen molar-refractivity contribution in [1.29, 1.82) is 0 Å². The molecule has 94 valence electrons. The molecule has 1 aromatic rings. The Bertz CT molecular complexity index is 358. The molecule has 1 saturated heterocycles. The lowest BCUT2D eigenvalue weighted by Crippen LogP contribution is -2.44.